The summed E-state index contributed by atoms with van der Waals surface area (Å²) in [5.74, 6) is -0.650. The van der Waals surface area contributed by atoms with Crippen LogP contribution in [0.1, 0.15) is 16.7 Å². The van der Waals surface area contributed by atoms with E-state index in [2.05, 4.69) is 5.32 Å². The Morgan fingerprint density at radius 1 is 1.12 bits per heavy atom. The molecule has 1 N–H and O–H groups in total. The highest BCUT2D eigenvalue weighted by Gasteiger charge is 2.09. The van der Waals surface area contributed by atoms with E-state index in [1.54, 1.807) is 43.1 Å². The molecule has 0 radical (unpaired) electrons. The lowest BCUT2D eigenvalue weighted by molar-refractivity contribution is -0.122. The van der Waals surface area contributed by atoms with Crippen molar-refractivity contribution in [3.63, 3.8) is 0 Å². The molecule has 0 aliphatic rings. The van der Waals surface area contributed by atoms with Crippen molar-refractivity contribution in [1.29, 1.82) is 0 Å². The largest absolute Gasteiger partial charge is 0.494 e. The van der Waals surface area contributed by atoms with Gasteiger partial charge in [-0.05, 0) is 48.9 Å². The number of carbonyl (C=O) groups excluding carboxylic acids is 1. The number of nitrogens with one attached hydrogen (secondary N) is 1. The number of benzene rings is 2. The van der Waals surface area contributed by atoms with Crippen molar-refractivity contribution in [1.82, 2.24) is 10.2 Å². The van der Waals surface area contributed by atoms with E-state index in [-0.39, 0.29) is 24.0 Å². The fourth-order valence-corrected chi connectivity index (χ4v) is 2.49. The van der Waals surface area contributed by atoms with Crippen LogP contribution in [0.5, 0.6) is 5.75 Å². The molecule has 0 aliphatic carbocycles. The molecule has 2 aromatic rings. The van der Waals surface area contributed by atoms with Crippen LogP contribution in [-0.2, 0) is 17.9 Å². The summed E-state index contributed by atoms with van der Waals surface area (Å²) in [5, 5.41) is 2.79. The first-order chi connectivity index (χ1) is 11.9. The molecule has 0 saturated carbocycles. The lowest BCUT2D eigenvalue weighted by Crippen LogP contribution is -2.34. The molecule has 25 heavy (non-hydrogen) atoms. The fourth-order valence-electron chi connectivity index (χ4n) is 2.49. The van der Waals surface area contributed by atoms with Crippen LogP contribution < -0.4 is 10.1 Å². The number of methoxy groups -OCH3 is 1. The summed E-state index contributed by atoms with van der Waals surface area (Å²) in [6.07, 6.45) is 0. The van der Waals surface area contributed by atoms with Gasteiger partial charge in [0, 0.05) is 13.1 Å². The SMILES string of the molecule is COc1ccc(CN(C)CC(=O)NCc2ccc(F)c(C)c2)cc1F. The number of hydrogen-bond acceptors (Lipinski definition) is 3. The number of carbonyl (C=O) groups is 1. The van der Waals surface area contributed by atoms with Gasteiger partial charge in [-0.3, -0.25) is 9.69 Å². The second kappa shape index (κ2) is 8.58. The third-order valence-corrected chi connectivity index (χ3v) is 3.79. The Labute approximate surface area is 146 Å². The smallest absolute Gasteiger partial charge is 0.234 e. The summed E-state index contributed by atoms with van der Waals surface area (Å²) in [5.41, 5.74) is 2.14. The summed E-state index contributed by atoms with van der Waals surface area (Å²) in [6, 6.07) is 9.47. The summed E-state index contributed by atoms with van der Waals surface area (Å²) in [6.45, 7) is 2.63. The molecule has 0 bridgehead atoms. The minimum absolute atomic E-state index is 0.154. The maximum absolute atomic E-state index is 13.7. The summed E-state index contributed by atoms with van der Waals surface area (Å²) >= 11 is 0. The maximum atomic E-state index is 13.7. The molecular weight excluding hydrogens is 326 g/mol. The predicted molar refractivity (Wildman–Crippen MR) is 92.3 cm³/mol. The fraction of sp³-hybridized carbons (Fsp3) is 0.316. The van der Waals surface area contributed by atoms with Crippen molar-refractivity contribution in [2.24, 2.45) is 0 Å². The average Bonchev–Trinajstić information content (AvgIpc) is 2.56. The van der Waals surface area contributed by atoms with Gasteiger partial charge in [0.25, 0.3) is 0 Å². The maximum Gasteiger partial charge on any atom is 0.234 e. The number of halogens is 2. The third-order valence-electron chi connectivity index (χ3n) is 3.79. The normalized spacial score (nSPS) is 10.8. The zero-order valence-electron chi connectivity index (χ0n) is 14.6. The Balaban J connectivity index is 1.83. The monoisotopic (exact) mass is 348 g/mol. The molecular formula is C19H22F2N2O2. The van der Waals surface area contributed by atoms with Crippen LogP contribution in [0.3, 0.4) is 0 Å². The van der Waals surface area contributed by atoms with Crippen molar-refractivity contribution in [3.8, 4) is 5.75 Å². The number of ether oxygens (including phenoxy) is 1. The van der Waals surface area contributed by atoms with E-state index in [1.807, 2.05) is 0 Å². The molecule has 0 aromatic heterocycles. The van der Waals surface area contributed by atoms with Crippen LogP contribution >= 0.6 is 0 Å². The van der Waals surface area contributed by atoms with Gasteiger partial charge < -0.3 is 10.1 Å². The zero-order chi connectivity index (χ0) is 18.4. The van der Waals surface area contributed by atoms with E-state index in [0.29, 0.717) is 18.7 Å². The van der Waals surface area contributed by atoms with Gasteiger partial charge in [0.2, 0.25) is 5.91 Å². The molecule has 0 unspecified atom stereocenters. The summed E-state index contributed by atoms with van der Waals surface area (Å²) in [4.78, 5) is 13.8. The van der Waals surface area contributed by atoms with Gasteiger partial charge in [-0.15, -0.1) is 0 Å². The van der Waals surface area contributed by atoms with Crippen molar-refractivity contribution in [2.45, 2.75) is 20.0 Å². The molecule has 1 amide bonds. The second-order valence-corrected chi connectivity index (χ2v) is 6.00. The quantitative estimate of drug-likeness (QED) is 0.836. The topological polar surface area (TPSA) is 41.6 Å². The number of likely N-dealkylation sites (N-methyl/N-ethyl adjacent to an activating group) is 1. The van der Waals surface area contributed by atoms with E-state index >= 15 is 0 Å². The van der Waals surface area contributed by atoms with Crippen LogP contribution in [-0.4, -0.2) is 31.5 Å². The molecule has 6 heteroatoms. The molecule has 0 atom stereocenters. The molecule has 4 nitrogen and oxygen atoms in total. The first kappa shape index (κ1) is 18.9. The van der Waals surface area contributed by atoms with Gasteiger partial charge in [-0.2, -0.15) is 0 Å². The Morgan fingerprint density at radius 2 is 1.84 bits per heavy atom. The molecule has 134 valence electrons. The van der Waals surface area contributed by atoms with Gasteiger partial charge in [0.15, 0.2) is 11.6 Å². The van der Waals surface area contributed by atoms with Crippen molar-refractivity contribution >= 4 is 5.91 Å². The van der Waals surface area contributed by atoms with Crippen LogP contribution in [0.25, 0.3) is 0 Å². The Bertz CT molecular complexity index is 750. The van der Waals surface area contributed by atoms with Gasteiger partial charge in [-0.1, -0.05) is 18.2 Å². The Hall–Kier alpha value is -2.47. The van der Waals surface area contributed by atoms with Crippen molar-refractivity contribution in [3.05, 3.63) is 64.7 Å². The van der Waals surface area contributed by atoms with Gasteiger partial charge in [0.05, 0.1) is 13.7 Å². The van der Waals surface area contributed by atoms with Crippen LogP contribution in [0.2, 0.25) is 0 Å². The van der Waals surface area contributed by atoms with Crippen LogP contribution in [0.4, 0.5) is 8.78 Å². The highest BCUT2D eigenvalue weighted by atomic mass is 19.1. The number of nitrogens with zero attached hydrogens (tertiary/aromatic N) is 1. The van der Waals surface area contributed by atoms with Crippen LogP contribution in [0.15, 0.2) is 36.4 Å². The highest BCUT2D eigenvalue weighted by Crippen LogP contribution is 2.18. The molecule has 0 spiro atoms. The zero-order valence-corrected chi connectivity index (χ0v) is 14.6. The number of amides is 1. The lowest BCUT2D eigenvalue weighted by Gasteiger charge is -2.17. The van der Waals surface area contributed by atoms with E-state index in [1.165, 1.54) is 19.2 Å². The minimum Gasteiger partial charge on any atom is -0.494 e. The van der Waals surface area contributed by atoms with Gasteiger partial charge in [-0.25, -0.2) is 8.78 Å². The molecule has 0 aliphatic heterocycles. The number of aryl methyl sites for hydroxylation is 1. The summed E-state index contributed by atoms with van der Waals surface area (Å²) in [7, 11) is 3.20. The highest BCUT2D eigenvalue weighted by molar-refractivity contribution is 5.77. The molecule has 0 saturated heterocycles. The van der Waals surface area contributed by atoms with Gasteiger partial charge in [0.1, 0.15) is 5.82 Å². The number of rotatable bonds is 7. The minimum atomic E-state index is -0.426. The molecule has 0 fully saturated rings. The third kappa shape index (κ3) is 5.53. The standard InChI is InChI=1S/C19H22F2N2O2/c1-13-8-14(4-6-16(13)20)10-22-19(24)12-23(2)11-15-5-7-18(25-3)17(21)9-15/h4-9H,10-12H2,1-3H3,(H,22,24). The van der Waals surface area contributed by atoms with E-state index in [9.17, 15) is 13.6 Å². The Kier molecular flexibility index (Phi) is 6.47. The summed E-state index contributed by atoms with van der Waals surface area (Å²) < 4.78 is 31.8. The van der Waals surface area contributed by atoms with Crippen molar-refractivity contribution in [2.75, 3.05) is 20.7 Å². The predicted octanol–water partition coefficient (Wildman–Crippen LogP) is 3.03. The van der Waals surface area contributed by atoms with Gasteiger partial charge >= 0.3 is 0 Å². The number of hydrogen-bond donors (Lipinski definition) is 1. The first-order valence-corrected chi connectivity index (χ1v) is 7.91. The second-order valence-electron chi connectivity index (χ2n) is 6.00. The molecule has 2 aromatic carbocycles. The molecule has 0 heterocycles. The van der Waals surface area contributed by atoms with E-state index in [0.717, 1.165) is 11.1 Å². The Morgan fingerprint density at radius 3 is 2.48 bits per heavy atom. The van der Waals surface area contributed by atoms with E-state index in [4.69, 9.17) is 4.74 Å². The lowest BCUT2D eigenvalue weighted by atomic mass is 10.1. The first-order valence-electron chi connectivity index (χ1n) is 7.91. The average molecular weight is 348 g/mol. The van der Waals surface area contributed by atoms with Crippen LogP contribution in [0, 0.1) is 18.6 Å². The molecule has 2 rings (SSSR count). The van der Waals surface area contributed by atoms with Crippen molar-refractivity contribution < 1.29 is 18.3 Å². The van der Waals surface area contributed by atoms with E-state index < -0.39 is 5.82 Å².